The molecule has 0 atom stereocenters. The predicted octanol–water partition coefficient (Wildman–Crippen LogP) is 3.85. The molecule has 0 aliphatic rings. The van der Waals surface area contributed by atoms with E-state index in [0.29, 0.717) is 19.0 Å². The summed E-state index contributed by atoms with van der Waals surface area (Å²) in [6, 6.07) is 21.8. The highest BCUT2D eigenvalue weighted by atomic mass is 16.5. The van der Waals surface area contributed by atoms with E-state index in [0.717, 1.165) is 41.2 Å². The molecule has 0 aliphatic heterocycles. The Balaban J connectivity index is 1.27. The van der Waals surface area contributed by atoms with Gasteiger partial charge in [0.2, 0.25) is 0 Å². The van der Waals surface area contributed by atoms with Crippen molar-refractivity contribution in [2.45, 2.75) is 19.4 Å². The molecule has 0 fully saturated rings. The number of hydrogen-bond donors (Lipinski definition) is 1. The summed E-state index contributed by atoms with van der Waals surface area (Å²) in [4.78, 5) is 4.50. The number of aryl methyl sites for hydroxylation is 1. The lowest BCUT2D eigenvalue weighted by Gasteiger charge is -2.09. The van der Waals surface area contributed by atoms with Gasteiger partial charge < -0.3 is 9.47 Å². The normalized spacial score (nSPS) is 10.6. The third kappa shape index (κ3) is 5.38. The van der Waals surface area contributed by atoms with E-state index in [1.807, 2.05) is 54.7 Å². The number of nitrogens with one attached hydrogen (secondary N) is 1. The number of hydrogen-bond acceptors (Lipinski definition) is 6. The molecular weight excluding hydrogens is 366 g/mol. The van der Waals surface area contributed by atoms with Crippen LogP contribution in [0.5, 0.6) is 11.5 Å². The van der Waals surface area contributed by atoms with Gasteiger partial charge in [-0.1, -0.05) is 47.7 Å². The second-order valence-corrected chi connectivity index (χ2v) is 6.45. The minimum atomic E-state index is 0.399. The summed E-state index contributed by atoms with van der Waals surface area (Å²) in [6.45, 7) is 0.969. The van der Waals surface area contributed by atoms with Gasteiger partial charge in [-0.25, -0.2) is 0 Å². The Labute approximate surface area is 168 Å². The first-order chi connectivity index (χ1) is 14.4. The largest absolute Gasteiger partial charge is 0.493 e. The van der Waals surface area contributed by atoms with Crippen LogP contribution in [0, 0.1) is 0 Å². The van der Waals surface area contributed by atoms with Crippen molar-refractivity contribution in [3.8, 4) is 22.6 Å². The molecule has 0 bridgehead atoms. The molecule has 29 heavy (non-hydrogen) atoms. The molecule has 4 rings (SSSR count). The third-order valence-electron chi connectivity index (χ3n) is 4.33. The maximum atomic E-state index is 5.87. The Bertz CT molecular complexity index is 1010. The fraction of sp³-hybridized carbons (Fsp3) is 0.182. The SMILES string of the molecule is c1ccc(-c2ccc(COc3cccc(OCCCc4nn[nH]n4)c3)nc2)cc1. The average Bonchev–Trinajstić information content (AvgIpc) is 3.30. The van der Waals surface area contributed by atoms with Crippen LogP contribution in [0.4, 0.5) is 0 Å². The van der Waals surface area contributed by atoms with Gasteiger partial charge in [0.05, 0.1) is 12.3 Å². The quantitative estimate of drug-likeness (QED) is 0.439. The van der Waals surface area contributed by atoms with Crippen molar-refractivity contribution in [1.82, 2.24) is 25.6 Å². The summed E-state index contributed by atoms with van der Waals surface area (Å²) in [5, 5.41) is 13.8. The first kappa shape index (κ1) is 18.6. The number of aromatic nitrogens is 5. The van der Waals surface area contributed by atoms with Gasteiger partial charge in [-0.05, 0) is 30.2 Å². The van der Waals surface area contributed by atoms with Crippen molar-refractivity contribution in [3.05, 3.63) is 84.4 Å². The van der Waals surface area contributed by atoms with Crippen LogP contribution in [0.15, 0.2) is 72.9 Å². The molecule has 0 saturated carbocycles. The van der Waals surface area contributed by atoms with Gasteiger partial charge in [-0.3, -0.25) is 4.98 Å². The maximum Gasteiger partial charge on any atom is 0.174 e. The summed E-state index contributed by atoms with van der Waals surface area (Å²) >= 11 is 0. The van der Waals surface area contributed by atoms with Gasteiger partial charge in [-0.2, -0.15) is 5.21 Å². The van der Waals surface area contributed by atoms with Crippen molar-refractivity contribution in [2.24, 2.45) is 0 Å². The Hall–Kier alpha value is -3.74. The zero-order chi connectivity index (χ0) is 19.7. The zero-order valence-electron chi connectivity index (χ0n) is 15.9. The van der Waals surface area contributed by atoms with E-state index >= 15 is 0 Å². The monoisotopic (exact) mass is 387 g/mol. The summed E-state index contributed by atoms with van der Waals surface area (Å²) < 4.78 is 11.6. The number of H-pyrrole nitrogens is 1. The highest BCUT2D eigenvalue weighted by Crippen LogP contribution is 2.21. The molecule has 4 aromatic rings. The second kappa shape index (κ2) is 9.45. The van der Waals surface area contributed by atoms with Crippen LogP contribution >= 0.6 is 0 Å². The minimum absolute atomic E-state index is 0.399. The molecule has 0 amide bonds. The topological polar surface area (TPSA) is 85.8 Å². The first-order valence-electron chi connectivity index (χ1n) is 9.45. The molecule has 0 spiro atoms. The smallest absolute Gasteiger partial charge is 0.174 e. The first-order valence-corrected chi connectivity index (χ1v) is 9.45. The van der Waals surface area contributed by atoms with Crippen molar-refractivity contribution in [1.29, 1.82) is 0 Å². The number of tetrazole rings is 1. The predicted molar refractivity (Wildman–Crippen MR) is 108 cm³/mol. The van der Waals surface area contributed by atoms with Crippen molar-refractivity contribution >= 4 is 0 Å². The maximum absolute atomic E-state index is 5.87. The van der Waals surface area contributed by atoms with E-state index in [4.69, 9.17) is 9.47 Å². The van der Waals surface area contributed by atoms with E-state index < -0.39 is 0 Å². The van der Waals surface area contributed by atoms with E-state index in [-0.39, 0.29) is 0 Å². The van der Waals surface area contributed by atoms with Crippen molar-refractivity contribution in [3.63, 3.8) is 0 Å². The minimum Gasteiger partial charge on any atom is -0.493 e. The lowest BCUT2D eigenvalue weighted by Crippen LogP contribution is -2.01. The molecule has 1 N–H and O–H groups in total. The number of pyridine rings is 1. The van der Waals surface area contributed by atoms with Crippen LogP contribution in [0.3, 0.4) is 0 Å². The lowest BCUT2D eigenvalue weighted by molar-refractivity contribution is 0.289. The van der Waals surface area contributed by atoms with Crippen LogP contribution in [0.2, 0.25) is 0 Å². The van der Waals surface area contributed by atoms with Crippen LogP contribution < -0.4 is 9.47 Å². The molecule has 2 aromatic heterocycles. The van der Waals surface area contributed by atoms with E-state index in [1.54, 1.807) is 0 Å². The second-order valence-electron chi connectivity index (χ2n) is 6.45. The molecule has 2 aromatic carbocycles. The number of nitrogens with zero attached hydrogens (tertiary/aromatic N) is 4. The summed E-state index contributed by atoms with van der Waals surface area (Å²) in [6.07, 6.45) is 3.40. The van der Waals surface area contributed by atoms with Gasteiger partial charge >= 0.3 is 0 Å². The Kier molecular flexibility index (Phi) is 6.07. The molecule has 0 saturated heterocycles. The molecule has 2 heterocycles. The molecule has 7 nitrogen and oxygen atoms in total. The van der Waals surface area contributed by atoms with Crippen LogP contribution in [-0.2, 0) is 13.0 Å². The summed E-state index contributed by atoms with van der Waals surface area (Å²) in [5.74, 6) is 2.20. The molecule has 0 radical (unpaired) electrons. The summed E-state index contributed by atoms with van der Waals surface area (Å²) in [7, 11) is 0. The van der Waals surface area contributed by atoms with Crippen LogP contribution in [0.25, 0.3) is 11.1 Å². The number of ether oxygens (including phenoxy) is 2. The highest BCUT2D eigenvalue weighted by Gasteiger charge is 2.03. The highest BCUT2D eigenvalue weighted by molar-refractivity contribution is 5.62. The fourth-order valence-electron chi connectivity index (χ4n) is 2.83. The Morgan fingerprint density at radius 1 is 0.828 bits per heavy atom. The van der Waals surface area contributed by atoms with E-state index in [9.17, 15) is 0 Å². The summed E-state index contributed by atoms with van der Waals surface area (Å²) in [5.41, 5.74) is 3.11. The van der Waals surface area contributed by atoms with E-state index in [2.05, 4.69) is 43.8 Å². The third-order valence-corrected chi connectivity index (χ3v) is 4.33. The van der Waals surface area contributed by atoms with Gasteiger partial charge in [0.15, 0.2) is 5.82 Å². The van der Waals surface area contributed by atoms with Crippen molar-refractivity contribution < 1.29 is 9.47 Å². The Morgan fingerprint density at radius 3 is 2.45 bits per heavy atom. The fourth-order valence-corrected chi connectivity index (χ4v) is 2.83. The standard InChI is InChI=1S/C22H21N5O2/c1-2-6-17(7-3-1)18-11-12-19(23-15-18)16-29-21-9-4-8-20(14-21)28-13-5-10-22-24-26-27-25-22/h1-4,6-9,11-12,14-15H,5,10,13,16H2,(H,24,25,26,27). The van der Waals surface area contributed by atoms with Crippen molar-refractivity contribution in [2.75, 3.05) is 6.61 Å². The van der Waals surface area contributed by atoms with Crippen LogP contribution in [-0.4, -0.2) is 32.2 Å². The van der Waals surface area contributed by atoms with Gasteiger partial charge in [-0.15, -0.1) is 10.2 Å². The van der Waals surface area contributed by atoms with Gasteiger partial charge in [0.1, 0.15) is 18.1 Å². The number of aromatic amines is 1. The molecule has 0 unspecified atom stereocenters. The lowest BCUT2D eigenvalue weighted by atomic mass is 10.1. The average molecular weight is 387 g/mol. The van der Waals surface area contributed by atoms with Crippen LogP contribution in [0.1, 0.15) is 17.9 Å². The Morgan fingerprint density at radius 2 is 1.69 bits per heavy atom. The van der Waals surface area contributed by atoms with Gasteiger partial charge in [0.25, 0.3) is 0 Å². The zero-order valence-corrected chi connectivity index (χ0v) is 15.9. The number of benzene rings is 2. The molecule has 7 heteroatoms. The number of rotatable bonds is 9. The van der Waals surface area contributed by atoms with E-state index in [1.165, 1.54) is 0 Å². The molecule has 0 aliphatic carbocycles. The van der Waals surface area contributed by atoms with Gasteiger partial charge in [0, 0.05) is 24.2 Å². The molecule has 146 valence electrons. The molecular formula is C22H21N5O2.